The van der Waals surface area contributed by atoms with E-state index in [1.807, 2.05) is 97.5 Å². The summed E-state index contributed by atoms with van der Waals surface area (Å²) >= 11 is 0. The molecule has 5 heteroatoms. The molecule has 0 atom stereocenters. The van der Waals surface area contributed by atoms with Gasteiger partial charge in [-0.1, -0.05) is 91.7 Å². The van der Waals surface area contributed by atoms with Crippen LogP contribution in [0.4, 0.5) is 0 Å². The van der Waals surface area contributed by atoms with Gasteiger partial charge in [0.1, 0.15) is 5.58 Å². The van der Waals surface area contributed by atoms with Gasteiger partial charge in [-0.3, -0.25) is 0 Å². The Balaban J connectivity index is 0.000000153. The van der Waals surface area contributed by atoms with Crippen molar-refractivity contribution in [1.29, 1.82) is 0 Å². The Morgan fingerprint density at radius 1 is 0.538 bits per heavy atom. The van der Waals surface area contributed by atoms with Crippen molar-refractivity contribution in [2.24, 2.45) is 0 Å². The summed E-state index contributed by atoms with van der Waals surface area (Å²) in [5, 5.41) is 2.24. The molecule has 0 aliphatic rings. The predicted molar refractivity (Wildman–Crippen MR) is 210 cm³/mol. The van der Waals surface area contributed by atoms with Gasteiger partial charge in [0, 0.05) is 24.0 Å². The van der Waals surface area contributed by atoms with Gasteiger partial charge in [-0.2, -0.15) is 0 Å². The molecule has 0 aliphatic carbocycles. The van der Waals surface area contributed by atoms with Crippen molar-refractivity contribution in [3.05, 3.63) is 174 Å². The van der Waals surface area contributed by atoms with Gasteiger partial charge in [0.05, 0.1) is 5.58 Å². The van der Waals surface area contributed by atoms with Crippen molar-refractivity contribution in [3.8, 4) is 33.8 Å². The second kappa shape index (κ2) is 17.8. The fraction of sp³-hybridized carbons (Fsp3) is 0.170. The zero-order chi connectivity index (χ0) is 35.7. The number of benzene rings is 4. The minimum Gasteiger partial charge on any atom is -0.501 e. The van der Waals surface area contributed by atoms with Gasteiger partial charge in [-0.25, -0.2) is 0 Å². The molecule has 0 aliphatic heterocycles. The first kappa shape index (κ1) is 38.0. The summed E-state index contributed by atoms with van der Waals surface area (Å²) in [4.78, 5) is 13.3. The fourth-order valence-electron chi connectivity index (χ4n) is 5.65. The van der Waals surface area contributed by atoms with Crippen LogP contribution < -0.4 is 0 Å². The first-order valence-corrected chi connectivity index (χ1v) is 17.4. The Morgan fingerprint density at radius 3 is 1.65 bits per heavy atom. The van der Waals surface area contributed by atoms with Crippen molar-refractivity contribution < 1.29 is 24.5 Å². The topological polar surface area (TPSA) is 51.8 Å². The number of fused-ring (bicyclic) bond motifs is 3. The number of pyridine rings is 3. The number of hydrogen-bond acceptors (Lipinski definition) is 4. The largest absolute Gasteiger partial charge is 3.00 e. The van der Waals surface area contributed by atoms with E-state index in [9.17, 15) is 0 Å². The van der Waals surface area contributed by atoms with Crippen LogP contribution in [0.3, 0.4) is 0 Å². The normalized spacial score (nSPS) is 10.7. The fourth-order valence-corrected chi connectivity index (χ4v) is 5.65. The van der Waals surface area contributed by atoms with Crippen molar-refractivity contribution in [1.82, 2.24) is 15.0 Å². The van der Waals surface area contributed by atoms with E-state index in [4.69, 9.17) is 4.42 Å². The summed E-state index contributed by atoms with van der Waals surface area (Å²) in [6.45, 7) is 12.9. The maximum atomic E-state index is 6.04. The standard InChI is InChI=1S/C19H14NO.2C14H14N.Ir/c1-12-10-17(20-11-13(12)2)16-8-5-7-15-14-6-3-4-9-18(14)21-19(15)16;2*1-11(2)13-8-9-15-14(10-13)12-6-4-3-5-7-12;/h3-7,9-11H,1-2H3;2*3-6,8-11H,1-2H3;/q3*-1;+3. The van der Waals surface area contributed by atoms with Crippen LogP contribution in [0, 0.1) is 32.0 Å². The molecule has 8 aromatic rings. The quantitative estimate of drug-likeness (QED) is 0.162. The first-order valence-electron chi connectivity index (χ1n) is 17.4. The molecule has 0 fully saturated rings. The summed E-state index contributed by atoms with van der Waals surface area (Å²) in [6, 6.07) is 48.1. The van der Waals surface area contributed by atoms with E-state index >= 15 is 0 Å². The Labute approximate surface area is 321 Å². The molecule has 4 heterocycles. The second-order valence-electron chi connectivity index (χ2n) is 13.2. The Kier molecular flexibility index (Phi) is 13.0. The molecule has 0 saturated carbocycles. The number of nitrogens with zero attached hydrogens (tertiary/aromatic N) is 3. The van der Waals surface area contributed by atoms with E-state index < -0.39 is 0 Å². The number of aromatic nitrogens is 3. The van der Waals surface area contributed by atoms with Crippen LogP contribution in [0.1, 0.15) is 61.8 Å². The smallest absolute Gasteiger partial charge is 0.501 e. The molecule has 0 N–H and O–H groups in total. The number of para-hydroxylation sites is 1. The number of rotatable bonds is 5. The van der Waals surface area contributed by atoms with Crippen molar-refractivity contribution in [3.63, 3.8) is 0 Å². The van der Waals surface area contributed by atoms with Gasteiger partial charge >= 0.3 is 20.1 Å². The maximum Gasteiger partial charge on any atom is 3.00 e. The van der Waals surface area contributed by atoms with Gasteiger partial charge < -0.3 is 19.4 Å². The monoisotopic (exact) mass is 857 g/mol. The van der Waals surface area contributed by atoms with Crippen LogP contribution in [0.25, 0.3) is 55.7 Å². The van der Waals surface area contributed by atoms with Crippen LogP contribution >= 0.6 is 0 Å². The Bertz CT molecular complexity index is 2260. The van der Waals surface area contributed by atoms with Crippen LogP contribution in [0.5, 0.6) is 0 Å². The third-order valence-electron chi connectivity index (χ3n) is 8.84. The van der Waals surface area contributed by atoms with E-state index in [0.29, 0.717) is 11.8 Å². The van der Waals surface area contributed by atoms with E-state index in [0.717, 1.165) is 55.7 Å². The van der Waals surface area contributed by atoms with Gasteiger partial charge in [-0.05, 0) is 66.5 Å². The predicted octanol–water partition coefficient (Wildman–Crippen LogP) is 12.4. The molecule has 0 bridgehead atoms. The molecule has 0 spiro atoms. The van der Waals surface area contributed by atoms with Crippen LogP contribution in [0.15, 0.2) is 138 Å². The molecule has 0 saturated heterocycles. The summed E-state index contributed by atoms with van der Waals surface area (Å²) < 4.78 is 6.04. The third-order valence-corrected chi connectivity index (χ3v) is 8.84. The molecule has 260 valence electrons. The van der Waals surface area contributed by atoms with Crippen molar-refractivity contribution >= 4 is 21.9 Å². The van der Waals surface area contributed by atoms with E-state index in [1.54, 1.807) is 0 Å². The molecular weight excluding hydrogens is 815 g/mol. The van der Waals surface area contributed by atoms with Crippen molar-refractivity contribution in [2.45, 2.75) is 53.4 Å². The molecule has 8 rings (SSSR count). The van der Waals surface area contributed by atoms with Crippen LogP contribution in [0.2, 0.25) is 0 Å². The maximum absolute atomic E-state index is 6.04. The molecular formula is C47H42IrN3O. The zero-order valence-corrected chi connectivity index (χ0v) is 32.8. The molecule has 0 unspecified atom stereocenters. The van der Waals surface area contributed by atoms with Crippen LogP contribution in [-0.4, -0.2) is 15.0 Å². The molecule has 4 nitrogen and oxygen atoms in total. The molecule has 0 radical (unpaired) electrons. The molecule has 4 aromatic carbocycles. The third kappa shape index (κ3) is 9.16. The second-order valence-corrected chi connectivity index (χ2v) is 13.2. The van der Waals surface area contributed by atoms with Gasteiger partial charge in [0.25, 0.3) is 0 Å². The summed E-state index contributed by atoms with van der Waals surface area (Å²) in [5.41, 5.74) is 12.7. The SMILES string of the molecule is CC(C)c1ccnc(-c2[c-]cccc2)c1.CC(C)c1ccnc(-c2[c-]cccc2)c1.Cc1cnc(-c2[c-]ccc3c2oc2ccccc23)cc1C.[Ir+3]. The molecule has 0 amide bonds. The van der Waals surface area contributed by atoms with E-state index in [2.05, 4.69) is 111 Å². The van der Waals surface area contributed by atoms with Gasteiger partial charge in [0.15, 0.2) is 0 Å². The first-order chi connectivity index (χ1) is 24.8. The zero-order valence-electron chi connectivity index (χ0n) is 30.4. The van der Waals surface area contributed by atoms with E-state index in [1.165, 1.54) is 22.3 Å². The average Bonchev–Trinajstić information content (AvgIpc) is 3.56. The van der Waals surface area contributed by atoms with Crippen molar-refractivity contribution in [2.75, 3.05) is 0 Å². The van der Waals surface area contributed by atoms with Crippen LogP contribution in [-0.2, 0) is 20.1 Å². The van der Waals surface area contributed by atoms with Gasteiger partial charge in [-0.15, -0.1) is 90.0 Å². The minimum absolute atomic E-state index is 0. The summed E-state index contributed by atoms with van der Waals surface area (Å²) in [7, 11) is 0. The van der Waals surface area contributed by atoms with Gasteiger partial charge in [0.2, 0.25) is 0 Å². The Morgan fingerprint density at radius 2 is 1.12 bits per heavy atom. The number of furan rings is 1. The molecule has 4 aromatic heterocycles. The Hall–Kier alpha value is -5.22. The summed E-state index contributed by atoms with van der Waals surface area (Å²) in [6.07, 6.45) is 5.64. The number of hydrogen-bond donors (Lipinski definition) is 0. The average molecular weight is 857 g/mol. The number of aryl methyl sites for hydroxylation is 2. The minimum atomic E-state index is 0. The molecule has 52 heavy (non-hydrogen) atoms. The van der Waals surface area contributed by atoms with E-state index in [-0.39, 0.29) is 20.1 Å². The summed E-state index contributed by atoms with van der Waals surface area (Å²) in [5.74, 6) is 1.07.